The number of hydrazine groups is 1. The Kier molecular flexibility index (Phi) is 9.21. The van der Waals surface area contributed by atoms with E-state index in [4.69, 9.17) is 15.9 Å². The Morgan fingerprint density at radius 3 is 2.23 bits per heavy atom. The van der Waals surface area contributed by atoms with Crippen LogP contribution in [0, 0.1) is 5.41 Å². The number of anilines is 2. The van der Waals surface area contributed by atoms with Gasteiger partial charge in [0.15, 0.2) is 9.84 Å². The van der Waals surface area contributed by atoms with Gasteiger partial charge in [-0.1, -0.05) is 49.4 Å². The van der Waals surface area contributed by atoms with Gasteiger partial charge in [0.25, 0.3) is 0 Å². The van der Waals surface area contributed by atoms with Gasteiger partial charge < -0.3 is 15.8 Å². The van der Waals surface area contributed by atoms with Crippen molar-refractivity contribution < 1.29 is 22.7 Å². The van der Waals surface area contributed by atoms with Crippen molar-refractivity contribution in [3.05, 3.63) is 78.4 Å². The number of nitrogens with zero attached hydrogens (tertiary/aromatic N) is 2. The lowest BCUT2D eigenvalue weighted by Crippen LogP contribution is -2.53. The van der Waals surface area contributed by atoms with Crippen molar-refractivity contribution in [2.75, 3.05) is 23.1 Å². The Labute approximate surface area is 235 Å². The number of urea groups is 1. The van der Waals surface area contributed by atoms with Gasteiger partial charge >= 0.3 is 12.1 Å². The van der Waals surface area contributed by atoms with Crippen LogP contribution in [0.15, 0.2) is 77.7 Å². The van der Waals surface area contributed by atoms with Gasteiger partial charge in [-0.2, -0.15) is 5.01 Å². The van der Waals surface area contributed by atoms with Gasteiger partial charge in [0.2, 0.25) is 0 Å². The number of sulfone groups is 1. The van der Waals surface area contributed by atoms with Gasteiger partial charge in [0.1, 0.15) is 11.4 Å². The van der Waals surface area contributed by atoms with Crippen LogP contribution in [0.3, 0.4) is 0 Å². The summed E-state index contributed by atoms with van der Waals surface area (Å²) in [4.78, 5) is 27.2. The third-order valence-electron chi connectivity index (χ3n) is 5.61. The van der Waals surface area contributed by atoms with Crippen molar-refractivity contribution in [3.63, 3.8) is 0 Å². The molecule has 0 aromatic heterocycles. The molecule has 3 aromatic rings. The number of nitrogens with one attached hydrogen (secondary N) is 2. The molecule has 0 aliphatic heterocycles. The molecule has 3 rings (SSSR count). The maximum atomic E-state index is 13.6. The van der Waals surface area contributed by atoms with Crippen molar-refractivity contribution >= 4 is 39.2 Å². The highest BCUT2D eigenvalue weighted by Crippen LogP contribution is 2.29. The predicted octanol–water partition coefficient (Wildman–Crippen LogP) is 5.64. The summed E-state index contributed by atoms with van der Waals surface area (Å²) < 4.78 is 30.1. The largest absolute Gasteiger partial charge is 0.442 e. The number of carbonyl (C=O) groups excluding carboxylic acids is 2. The minimum Gasteiger partial charge on any atom is -0.442 e. The van der Waals surface area contributed by atoms with Gasteiger partial charge in [0.05, 0.1) is 10.6 Å². The first kappa shape index (κ1) is 30.2. The minimum absolute atomic E-state index is 0.176. The third-order valence-corrected chi connectivity index (χ3v) is 6.77. The van der Waals surface area contributed by atoms with Crippen molar-refractivity contribution in [3.8, 4) is 11.1 Å². The van der Waals surface area contributed by atoms with Gasteiger partial charge in [-0.25, -0.2) is 23.0 Å². The van der Waals surface area contributed by atoms with Crippen LogP contribution < -0.4 is 16.1 Å². The first-order valence-corrected chi connectivity index (χ1v) is 14.6. The zero-order valence-electron chi connectivity index (χ0n) is 23.3. The fraction of sp³-hybridized carbons (Fsp3) is 0.276. The van der Waals surface area contributed by atoms with E-state index in [-0.39, 0.29) is 17.3 Å². The number of hydrogen-bond donors (Lipinski definition) is 3. The number of ether oxygens (including phenoxy) is 1. The molecule has 3 amide bonds. The molecule has 0 fully saturated rings. The lowest BCUT2D eigenvalue weighted by atomic mass is 10.1. The molecule has 0 saturated carbocycles. The first-order chi connectivity index (χ1) is 18.7. The predicted molar refractivity (Wildman–Crippen MR) is 157 cm³/mol. The summed E-state index contributed by atoms with van der Waals surface area (Å²) in [6.07, 6.45) is 0.913. The first-order valence-electron chi connectivity index (χ1n) is 12.7. The van der Waals surface area contributed by atoms with Crippen LogP contribution >= 0.6 is 0 Å². The molecule has 0 saturated heterocycles. The molecular weight excluding hydrogens is 530 g/mol. The maximum absolute atomic E-state index is 13.6. The molecule has 4 N–H and O–H groups in total. The average molecular weight is 566 g/mol. The summed E-state index contributed by atoms with van der Waals surface area (Å²) >= 11 is 0. The van der Waals surface area contributed by atoms with Crippen LogP contribution in [0.25, 0.3) is 11.1 Å². The monoisotopic (exact) mass is 565 g/mol. The summed E-state index contributed by atoms with van der Waals surface area (Å²) in [5.41, 5.74) is 7.18. The molecule has 10 nitrogen and oxygen atoms in total. The molecule has 11 heteroatoms. The topological polar surface area (TPSA) is 146 Å². The lowest BCUT2D eigenvalue weighted by Gasteiger charge is -2.35. The fourth-order valence-corrected chi connectivity index (χ4v) is 4.82. The molecule has 0 atom stereocenters. The molecule has 3 aromatic carbocycles. The molecule has 0 radical (unpaired) electrons. The highest BCUT2D eigenvalue weighted by molar-refractivity contribution is 7.90. The highest BCUT2D eigenvalue weighted by atomic mass is 32.2. The molecule has 0 spiro atoms. The number of hydrogen-bond acceptors (Lipinski definition) is 6. The van der Waals surface area contributed by atoms with E-state index in [0.717, 1.165) is 11.3 Å². The molecule has 0 aliphatic carbocycles. The van der Waals surface area contributed by atoms with Crippen LogP contribution in [0.2, 0.25) is 0 Å². The number of amides is 3. The lowest BCUT2D eigenvalue weighted by molar-refractivity contribution is 0.0492. The summed E-state index contributed by atoms with van der Waals surface area (Å²) in [5.74, 6) is -0.185. The Bertz CT molecular complexity index is 1500. The second-order valence-electron chi connectivity index (χ2n) is 10.2. The SMILES string of the molecule is CCCN(C(=O)Nc1ccc(-c2ccccc2S(C)(=O)=O)cc1)N(C(=O)OC(C)(C)C)c1cccc(C(=N)N)c1. The average Bonchev–Trinajstić information content (AvgIpc) is 2.87. The number of rotatable bonds is 7. The zero-order chi connectivity index (χ0) is 29.7. The molecule has 0 bridgehead atoms. The third kappa shape index (κ3) is 7.60. The van der Waals surface area contributed by atoms with E-state index < -0.39 is 27.6 Å². The smallest absolute Gasteiger partial charge is 0.434 e. The molecule has 0 heterocycles. The van der Waals surface area contributed by atoms with Crippen molar-refractivity contribution in [2.24, 2.45) is 5.73 Å². The summed E-state index contributed by atoms with van der Waals surface area (Å²) in [6, 6.07) is 19.3. The van der Waals surface area contributed by atoms with E-state index in [2.05, 4.69) is 5.32 Å². The molecule has 0 unspecified atom stereocenters. The van der Waals surface area contributed by atoms with E-state index in [0.29, 0.717) is 34.5 Å². The minimum atomic E-state index is -3.44. The Morgan fingerprint density at radius 1 is 1.00 bits per heavy atom. The number of benzene rings is 3. The van der Waals surface area contributed by atoms with Gasteiger partial charge in [-0.05, 0) is 63.1 Å². The Hall–Kier alpha value is -4.38. The van der Waals surface area contributed by atoms with Crippen molar-refractivity contribution in [1.29, 1.82) is 5.41 Å². The molecule has 40 heavy (non-hydrogen) atoms. The Morgan fingerprint density at radius 2 is 1.65 bits per heavy atom. The second kappa shape index (κ2) is 12.2. The Balaban J connectivity index is 1.95. The standard InChI is InChI=1S/C29H35N5O5S/c1-6-18-33(34(28(36)39-29(2,3)4)23-11-9-10-21(19-23)26(30)31)27(35)32-22-16-14-20(15-17-22)24-12-7-8-13-25(24)40(5,37)38/h7-17,19H,6,18H2,1-5H3,(H3,30,31)(H,32,35). The fourth-order valence-electron chi connectivity index (χ4n) is 3.91. The van der Waals surface area contributed by atoms with Crippen molar-refractivity contribution in [1.82, 2.24) is 5.01 Å². The maximum Gasteiger partial charge on any atom is 0.434 e. The van der Waals surface area contributed by atoms with E-state index in [9.17, 15) is 18.0 Å². The molecular formula is C29H35N5O5S. The van der Waals surface area contributed by atoms with Crippen molar-refractivity contribution in [2.45, 2.75) is 44.6 Å². The van der Waals surface area contributed by atoms with Gasteiger partial charge in [-0.15, -0.1) is 0 Å². The van der Waals surface area contributed by atoms with Crippen LogP contribution in [0.4, 0.5) is 21.0 Å². The van der Waals surface area contributed by atoms with E-state index in [1.807, 2.05) is 6.92 Å². The van der Waals surface area contributed by atoms with Crippen LogP contribution in [-0.4, -0.2) is 49.8 Å². The van der Waals surface area contributed by atoms with E-state index >= 15 is 0 Å². The zero-order valence-corrected chi connectivity index (χ0v) is 24.1. The highest BCUT2D eigenvalue weighted by Gasteiger charge is 2.32. The van der Waals surface area contributed by atoms with Crippen LogP contribution in [0.1, 0.15) is 39.7 Å². The summed E-state index contributed by atoms with van der Waals surface area (Å²) in [7, 11) is -3.44. The van der Waals surface area contributed by atoms with E-state index in [1.54, 1.807) is 87.5 Å². The molecule has 0 aliphatic rings. The van der Waals surface area contributed by atoms with Crippen LogP contribution in [-0.2, 0) is 14.6 Å². The number of amidine groups is 1. The number of nitrogens with two attached hydrogens (primary N) is 1. The summed E-state index contributed by atoms with van der Waals surface area (Å²) in [6.45, 7) is 7.22. The number of carbonyl (C=O) groups is 2. The van der Waals surface area contributed by atoms with Gasteiger partial charge in [0, 0.05) is 29.6 Å². The quantitative estimate of drug-likeness (QED) is 0.192. The van der Waals surface area contributed by atoms with Crippen LogP contribution in [0.5, 0.6) is 0 Å². The van der Waals surface area contributed by atoms with E-state index in [1.165, 1.54) is 11.1 Å². The van der Waals surface area contributed by atoms with Gasteiger partial charge in [-0.3, -0.25) is 5.41 Å². The molecule has 212 valence electrons. The normalized spacial score (nSPS) is 11.4. The summed E-state index contributed by atoms with van der Waals surface area (Å²) in [5, 5.41) is 13.0. The second-order valence-corrected chi connectivity index (χ2v) is 12.1. The number of nitrogen functional groups attached to an aromatic ring is 1.